The quantitative estimate of drug-likeness (QED) is 0.519. The number of rotatable bonds is 5. The normalized spacial score (nSPS) is 8.73. The Morgan fingerprint density at radius 1 is 0.727 bits per heavy atom. The molecule has 0 aliphatic rings. The van der Waals surface area contributed by atoms with Crippen LogP contribution in [0.15, 0.2) is 0 Å². The second kappa shape index (κ2) is 16.5. The van der Waals surface area contributed by atoms with Crippen LogP contribution in [0.3, 0.4) is 0 Å². The van der Waals surface area contributed by atoms with E-state index < -0.39 is 0 Å². The highest BCUT2D eigenvalue weighted by molar-refractivity contribution is 4.30. The van der Waals surface area contributed by atoms with Gasteiger partial charge in [0.05, 0.1) is 0 Å². The second-order valence-electron chi connectivity index (χ2n) is 2.23. The fraction of sp³-hybridized carbons (Fsp3) is 1.00. The Morgan fingerprint density at radius 3 is 1.18 bits per heavy atom. The van der Waals surface area contributed by atoms with Crippen LogP contribution in [0.2, 0.25) is 0 Å². The second-order valence-corrected chi connectivity index (χ2v) is 2.23. The molecule has 0 spiro atoms. The van der Waals surface area contributed by atoms with E-state index in [0.29, 0.717) is 6.61 Å². The standard InChI is InChI=1S/C4H10O2.C4H10O/c5-3-1-2-4-6;1-2-3-4-5/h5-6H,1-4H2;5H,2-4H2,1H3. The van der Waals surface area contributed by atoms with E-state index in [2.05, 4.69) is 6.92 Å². The Hall–Kier alpha value is -0.120. The molecule has 0 saturated heterocycles. The molecule has 0 aromatic rings. The van der Waals surface area contributed by atoms with Crippen LogP contribution in [-0.2, 0) is 0 Å². The molecular weight excluding hydrogens is 144 g/mol. The topological polar surface area (TPSA) is 60.7 Å². The van der Waals surface area contributed by atoms with E-state index >= 15 is 0 Å². The summed E-state index contributed by atoms with van der Waals surface area (Å²) in [7, 11) is 0. The summed E-state index contributed by atoms with van der Waals surface area (Å²) in [5.41, 5.74) is 0. The van der Waals surface area contributed by atoms with Crippen LogP contribution in [0, 0.1) is 0 Å². The Balaban J connectivity index is 0. The molecule has 0 aliphatic carbocycles. The summed E-state index contributed by atoms with van der Waals surface area (Å²) in [6.45, 7) is 2.79. The van der Waals surface area contributed by atoms with Gasteiger partial charge in [-0.3, -0.25) is 0 Å². The van der Waals surface area contributed by atoms with Crippen molar-refractivity contribution in [2.75, 3.05) is 19.8 Å². The van der Waals surface area contributed by atoms with E-state index in [4.69, 9.17) is 15.3 Å². The molecule has 0 atom stereocenters. The van der Waals surface area contributed by atoms with Gasteiger partial charge in [0.25, 0.3) is 0 Å². The molecule has 0 aliphatic heterocycles. The molecule has 0 unspecified atom stereocenters. The van der Waals surface area contributed by atoms with Crippen molar-refractivity contribution in [3.63, 3.8) is 0 Å². The van der Waals surface area contributed by atoms with Crippen molar-refractivity contribution in [2.45, 2.75) is 32.6 Å². The van der Waals surface area contributed by atoms with Gasteiger partial charge in [-0.25, -0.2) is 0 Å². The van der Waals surface area contributed by atoms with Crippen LogP contribution in [0.1, 0.15) is 32.6 Å². The molecule has 3 nitrogen and oxygen atoms in total. The molecule has 0 heterocycles. The molecule has 0 aromatic carbocycles. The number of aliphatic hydroxyl groups is 3. The Bertz CT molecular complexity index is 42.6. The smallest absolute Gasteiger partial charge is 0.0431 e. The molecule has 0 radical (unpaired) electrons. The largest absolute Gasteiger partial charge is 0.396 e. The predicted molar refractivity (Wildman–Crippen MR) is 45.4 cm³/mol. The third-order valence-corrected chi connectivity index (χ3v) is 1.08. The van der Waals surface area contributed by atoms with Crippen LogP contribution in [0.4, 0.5) is 0 Å². The van der Waals surface area contributed by atoms with Crippen molar-refractivity contribution in [3.05, 3.63) is 0 Å². The predicted octanol–water partition coefficient (Wildman–Crippen LogP) is 0.530. The summed E-state index contributed by atoms with van der Waals surface area (Å²) in [5, 5.41) is 24.2. The van der Waals surface area contributed by atoms with Crippen molar-refractivity contribution in [3.8, 4) is 0 Å². The highest BCUT2D eigenvalue weighted by Gasteiger charge is 1.77. The third-order valence-electron chi connectivity index (χ3n) is 1.08. The molecule has 0 saturated carbocycles. The van der Waals surface area contributed by atoms with Gasteiger partial charge in [-0.2, -0.15) is 0 Å². The molecule has 3 N–H and O–H groups in total. The van der Waals surface area contributed by atoms with Gasteiger partial charge in [0.2, 0.25) is 0 Å². The number of unbranched alkanes of at least 4 members (excludes halogenated alkanes) is 2. The molecule has 0 rings (SSSR count). The Labute approximate surface area is 68.7 Å². The minimum atomic E-state index is 0.195. The van der Waals surface area contributed by atoms with E-state index in [1.165, 1.54) is 0 Å². The van der Waals surface area contributed by atoms with E-state index in [1.54, 1.807) is 0 Å². The molecule has 3 heteroatoms. The van der Waals surface area contributed by atoms with Crippen LogP contribution >= 0.6 is 0 Å². The van der Waals surface area contributed by atoms with Crippen molar-refractivity contribution in [1.29, 1.82) is 0 Å². The summed E-state index contributed by atoms with van der Waals surface area (Å²) in [6, 6.07) is 0. The monoisotopic (exact) mass is 164 g/mol. The molecule has 11 heavy (non-hydrogen) atoms. The Morgan fingerprint density at radius 2 is 1.09 bits per heavy atom. The maximum absolute atomic E-state index is 8.09. The van der Waals surface area contributed by atoms with Gasteiger partial charge in [0.1, 0.15) is 0 Å². The van der Waals surface area contributed by atoms with Gasteiger partial charge in [0, 0.05) is 19.8 Å². The summed E-state index contributed by atoms with van der Waals surface area (Å²) in [6.07, 6.45) is 3.48. The minimum Gasteiger partial charge on any atom is -0.396 e. The first kappa shape index (κ1) is 13.5. The van der Waals surface area contributed by atoms with Gasteiger partial charge in [-0.1, -0.05) is 13.3 Å². The first-order chi connectivity index (χ1) is 5.33. The summed E-state index contributed by atoms with van der Waals surface area (Å²) >= 11 is 0. The van der Waals surface area contributed by atoms with E-state index in [1.807, 2.05) is 0 Å². The van der Waals surface area contributed by atoms with E-state index in [9.17, 15) is 0 Å². The van der Waals surface area contributed by atoms with E-state index in [-0.39, 0.29) is 13.2 Å². The lowest BCUT2D eigenvalue weighted by molar-refractivity contribution is 0.242. The van der Waals surface area contributed by atoms with Crippen LogP contribution in [0.5, 0.6) is 0 Å². The fourth-order valence-electron chi connectivity index (χ4n) is 0.382. The zero-order valence-corrected chi connectivity index (χ0v) is 7.29. The fourth-order valence-corrected chi connectivity index (χ4v) is 0.382. The summed E-state index contributed by atoms with van der Waals surface area (Å²) in [4.78, 5) is 0. The Kier molecular flexibility index (Phi) is 20.2. The first-order valence-electron chi connectivity index (χ1n) is 4.16. The number of hydrogen-bond acceptors (Lipinski definition) is 3. The van der Waals surface area contributed by atoms with Gasteiger partial charge in [0.15, 0.2) is 0 Å². The van der Waals surface area contributed by atoms with Crippen LogP contribution < -0.4 is 0 Å². The lowest BCUT2D eigenvalue weighted by Crippen LogP contribution is -1.85. The zero-order valence-electron chi connectivity index (χ0n) is 7.29. The molecule has 0 amide bonds. The van der Waals surface area contributed by atoms with Gasteiger partial charge in [-0.15, -0.1) is 0 Å². The maximum atomic E-state index is 8.09. The third kappa shape index (κ3) is 25.8. The zero-order chi connectivity index (χ0) is 8.95. The van der Waals surface area contributed by atoms with Gasteiger partial charge < -0.3 is 15.3 Å². The number of hydrogen-bond donors (Lipinski definition) is 3. The van der Waals surface area contributed by atoms with Crippen molar-refractivity contribution >= 4 is 0 Å². The highest BCUT2D eigenvalue weighted by Crippen LogP contribution is 1.80. The average Bonchev–Trinajstić information content (AvgIpc) is 2.04. The molecule has 0 fully saturated rings. The molecular formula is C8H20O3. The molecule has 0 aromatic heterocycles. The van der Waals surface area contributed by atoms with Crippen molar-refractivity contribution < 1.29 is 15.3 Å². The molecule has 0 bridgehead atoms. The van der Waals surface area contributed by atoms with Gasteiger partial charge in [-0.05, 0) is 19.3 Å². The van der Waals surface area contributed by atoms with Gasteiger partial charge >= 0.3 is 0 Å². The van der Waals surface area contributed by atoms with Crippen LogP contribution in [-0.4, -0.2) is 35.1 Å². The number of aliphatic hydroxyl groups excluding tert-OH is 3. The lowest BCUT2D eigenvalue weighted by Gasteiger charge is -1.85. The first-order valence-corrected chi connectivity index (χ1v) is 4.16. The van der Waals surface area contributed by atoms with E-state index in [0.717, 1.165) is 25.7 Å². The minimum absolute atomic E-state index is 0.195. The maximum Gasteiger partial charge on any atom is 0.0431 e. The van der Waals surface area contributed by atoms with Crippen LogP contribution in [0.25, 0.3) is 0 Å². The summed E-state index contributed by atoms with van der Waals surface area (Å²) in [5.74, 6) is 0. The van der Waals surface area contributed by atoms with Crippen molar-refractivity contribution in [2.24, 2.45) is 0 Å². The van der Waals surface area contributed by atoms with Crippen molar-refractivity contribution in [1.82, 2.24) is 0 Å². The lowest BCUT2D eigenvalue weighted by atomic mass is 10.3. The molecule has 70 valence electrons. The average molecular weight is 164 g/mol. The SMILES string of the molecule is CCCCO.OCCCCO. The summed E-state index contributed by atoms with van der Waals surface area (Å²) < 4.78 is 0. The highest BCUT2D eigenvalue weighted by atomic mass is 16.3.